The summed E-state index contributed by atoms with van der Waals surface area (Å²) in [5, 5.41) is 2.08. The number of benzene rings is 4. The molecule has 4 rings (SSSR count). The molecule has 0 saturated carbocycles. The van der Waals surface area contributed by atoms with E-state index in [9.17, 15) is 21.2 Å². The van der Waals surface area contributed by atoms with E-state index in [0.29, 0.717) is 5.02 Å². The summed E-state index contributed by atoms with van der Waals surface area (Å²) in [4.78, 5) is 0.142. The van der Waals surface area contributed by atoms with E-state index in [1.54, 1.807) is 12.1 Å². The van der Waals surface area contributed by atoms with E-state index in [0.717, 1.165) is 15.1 Å². The van der Waals surface area contributed by atoms with Gasteiger partial charge in [0.15, 0.2) is 0 Å². The molecular weight excluding hydrogens is 511 g/mol. The summed E-state index contributed by atoms with van der Waals surface area (Å²) < 4.78 is 69.3. The minimum Gasteiger partial charge on any atom is -0.266 e. The quantitative estimate of drug-likeness (QED) is 0.300. The van der Waals surface area contributed by atoms with E-state index in [1.165, 1.54) is 54.6 Å². The molecule has 4 aromatic carbocycles. The molecule has 35 heavy (non-hydrogen) atoms. The molecule has 182 valence electrons. The molecule has 0 aliphatic carbocycles. The Hall–Kier alpha value is -2.98. The molecule has 1 N–H and O–H groups in total. The molecule has 10 heteroatoms. The van der Waals surface area contributed by atoms with Crippen LogP contribution in [0.5, 0.6) is 0 Å². The summed E-state index contributed by atoms with van der Waals surface area (Å²) in [7, 11) is -7.80. The Morgan fingerprint density at radius 1 is 0.771 bits per heavy atom. The van der Waals surface area contributed by atoms with E-state index >= 15 is 0 Å². The lowest BCUT2D eigenvalue weighted by molar-refractivity contribution is 0.577. The summed E-state index contributed by atoms with van der Waals surface area (Å²) in [5.41, 5.74) is 0.278. The number of nitrogens with zero attached hydrogens (tertiary/aromatic N) is 1. The third-order valence-electron chi connectivity index (χ3n) is 5.38. The van der Waals surface area contributed by atoms with E-state index < -0.39 is 25.9 Å². The van der Waals surface area contributed by atoms with Crippen LogP contribution >= 0.6 is 11.6 Å². The molecule has 0 atom stereocenters. The second kappa shape index (κ2) is 10.3. The molecular formula is C25H22ClFN2O4S2. The van der Waals surface area contributed by atoms with Crippen LogP contribution in [0.2, 0.25) is 5.02 Å². The Kier molecular flexibility index (Phi) is 7.42. The average Bonchev–Trinajstić information content (AvgIpc) is 2.84. The molecule has 0 heterocycles. The van der Waals surface area contributed by atoms with E-state index in [4.69, 9.17) is 11.6 Å². The van der Waals surface area contributed by atoms with Crippen molar-refractivity contribution < 1.29 is 21.2 Å². The van der Waals surface area contributed by atoms with Gasteiger partial charge < -0.3 is 0 Å². The lowest BCUT2D eigenvalue weighted by atomic mass is 10.1. The van der Waals surface area contributed by atoms with Gasteiger partial charge >= 0.3 is 0 Å². The fraction of sp³-hybridized carbons (Fsp3) is 0.120. The van der Waals surface area contributed by atoms with Crippen LogP contribution in [0, 0.1) is 5.82 Å². The first-order chi connectivity index (χ1) is 16.7. The average molecular weight is 533 g/mol. The van der Waals surface area contributed by atoms with Crippen LogP contribution in [0.25, 0.3) is 10.8 Å². The molecule has 0 unspecified atom stereocenters. The minimum absolute atomic E-state index is 0.00407. The van der Waals surface area contributed by atoms with Gasteiger partial charge in [-0.25, -0.2) is 25.9 Å². The van der Waals surface area contributed by atoms with Gasteiger partial charge in [-0.15, -0.1) is 0 Å². The molecule has 0 spiro atoms. The molecule has 0 bridgehead atoms. The molecule has 0 radical (unpaired) electrons. The monoisotopic (exact) mass is 532 g/mol. The van der Waals surface area contributed by atoms with Crippen LogP contribution in [-0.4, -0.2) is 29.9 Å². The van der Waals surface area contributed by atoms with Gasteiger partial charge in [0.2, 0.25) is 10.0 Å². The smallest absolute Gasteiger partial charge is 0.264 e. The third kappa shape index (κ3) is 5.82. The second-order valence-electron chi connectivity index (χ2n) is 7.77. The Labute approximate surface area is 209 Å². The van der Waals surface area contributed by atoms with Crippen LogP contribution in [0.4, 0.5) is 10.1 Å². The second-order valence-corrected chi connectivity index (χ2v) is 11.8. The van der Waals surface area contributed by atoms with Gasteiger partial charge in [0, 0.05) is 18.1 Å². The molecule has 0 aromatic heterocycles. The Bertz CT molecular complexity index is 1540. The molecule has 6 nitrogen and oxygen atoms in total. The predicted molar refractivity (Wildman–Crippen MR) is 136 cm³/mol. The largest absolute Gasteiger partial charge is 0.266 e. The van der Waals surface area contributed by atoms with Crippen molar-refractivity contribution in [3.63, 3.8) is 0 Å². The normalized spacial score (nSPS) is 12.1. The van der Waals surface area contributed by atoms with Crippen LogP contribution in [0.1, 0.15) is 6.42 Å². The summed E-state index contributed by atoms with van der Waals surface area (Å²) in [5.74, 6) is -0.493. The topological polar surface area (TPSA) is 83.6 Å². The number of rotatable bonds is 9. The van der Waals surface area contributed by atoms with Crippen molar-refractivity contribution in [2.24, 2.45) is 0 Å². The van der Waals surface area contributed by atoms with Gasteiger partial charge in [0.25, 0.3) is 10.0 Å². The summed E-state index contributed by atoms with van der Waals surface area (Å²) in [6, 6.07) is 23.1. The number of halogens is 2. The fourth-order valence-corrected chi connectivity index (χ4v) is 6.32. The standard InChI is InChI=1S/C25H22ClFN2O4S2/c26-21-7-14-24(15-8-21)34(30,31)28-16-3-17-29(23-11-9-22(27)10-12-23)35(32,33)25-13-6-19-4-1-2-5-20(19)18-25/h1-2,4-15,18,28H,3,16-17H2. The molecule has 0 aliphatic heterocycles. The zero-order chi connectivity index (χ0) is 25.1. The first kappa shape index (κ1) is 25.1. The molecule has 4 aromatic rings. The Morgan fingerprint density at radius 3 is 2.09 bits per heavy atom. The maximum Gasteiger partial charge on any atom is 0.264 e. The number of hydrogen-bond acceptors (Lipinski definition) is 4. The van der Waals surface area contributed by atoms with Gasteiger partial charge in [-0.1, -0.05) is 41.9 Å². The third-order valence-corrected chi connectivity index (χ3v) is 8.93. The lowest BCUT2D eigenvalue weighted by Gasteiger charge is -2.25. The molecule has 0 fully saturated rings. The van der Waals surface area contributed by atoms with E-state index in [1.807, 2.05) is 24.3 Å². The van der Waals surface area contributed by atoms with Gasteiger partial charge in [-0.3, -0.25) is 4.31 Å². The van der Waals surface area contributed by atoms with Crippen LogP contribution in [0.3, 0.4) is 0 Å². The lowest BCUT2D eigenvalue weighted by Crippen LogP contribution is -2.34. The van der Waals surface area contributed by atoms with E-state index in [2.05, 4.69) is 4.72 Å². The highest BCUT2D eigenvalue weighted by atomic mass is 35.5. The van der Waals surface area contributed by atoms with Crippen molar-refractivity contribution in [3.05, 3.63) is 102 Å². The van der Waals surface area contributed by atoms with E-state index in [-0.39, 0.29) is 35.0 Å². The number of fused-ring (bicyclic) bond motifs is 1. The SMILES string of the molecule is O=S(=O)(NCCCN(c1ccc(F)cc1)S(=O)(=O)c1ccc2ccccc2c1)c1ccc(Cl)cc1. The van der Waals surface area contributed by atoms with Gasteiger partial charge in [0.05, 0.1) is 15.5 Å². The van der Waals surface area contributed by atoms with Gasteiger partial charge in [-0.05, 0) is 77.9 Å². The maximum absolute atomic E-state index is 13.6. The van der Waals surface area contributed by atoms with Crippen molar-refractivity contribution in [1.82, 2.24) is 4.72 Å². The highest BCUT2D eigenvalue weighted by Gasteiger charge is 2.25. The van der Waals surface area contributed by atoms with Crippen molar-refractivity contribution in [1.29, 1.82) is 0 Å². The maximum atomic E-state index is 13.6. The number of nitrogens with one attached hydrogen (secondary N) is 1. The fourth-order valence-electron chi connectivity index (χ4n) is 3.58. The molecule has 0 amide bonds. The summed E-state index contributed by atoms with van der Waals surface area (Å²) in [6.07, 6.45) is 0.178. The zero-order valence-electron chi connectivity index (χ0n) is 18.4. The summed E-state index contributed by atoms with van der Waals surface area (Å²) in [6.45, 7) is -0.0280. The first-order valence-corrected chi connectivity index (χ1v) is 14.0. The Morgan fingerprint density at radius 2 is 1.40 bits per heavy atom. The van der Waals surface area contributed by atoms with Crippen molar-refractivity contribution in [2.45, 2.75) is 16.2 Å². The van der Waals surface area contributed by atoms with Crippen molar-refractivity contribution >= 4 is 48.1 Å². The Balaban J connectivity index is 1.56. The highest BCUT2D eigenvalue weighted by Crippen LogP contribution is 2.27. The summed E-state index contributed by atoms with van der Waals surface area (Å²) >= 11 is 5.82. The van der Waals surface area contributed by atoms with Gasteiger partial charge in [-0.2, -0.15) is 0 Å². The van der Waals surface area contributed by atoms with Crippen molar-refractivity contribution in [3.8, 4) is 0 Å². The van der Waals surface area contributed by atoms with Crippen LogP contribution in [-0.2, 0) is 20.0 Å². The van der Waals surface area contributed by atoms with Gasteiger partial charge in [0.1, 0.15) is 5.82 Å². The van der Waals surface area contributed by atoms with Crippen LogP contribution < -0.4 is 9.03 Å². The number of hydrogen-bond donors (Lipinski definition) is 1. The van der Waals surface area contributed by atoms with Crippen LogP contribution in [0.15, 0.2) is 101 Å². The molecule has 0 aliphatic rings. The predicted octanol–water partition coefficient (Wildman–Crippen LogP) is 5.20. The molecule has 0 saturated heterocycles. The zero-order valence-corrected chi connectivity index (χ0v) is 20.8. The minimum atomic E-state index is -4.01. The van der Waals surface area contributed by atoms with Crippen molar-refractivity contribution in [2.75, 3.05) is 17.4 Å². The number of anilines is 1. The highest BCUT2D eigenvalue weighted by molar-refractivity contribution is 7.92. The number of sulfonamides is 2. The first-order valence-electron chi connectivity index (χ1n) is 10.7.